The van der Waals surface area contributed by atoms with Crippen molar-refractivity contribution in [1.29, 1.82) is 0 Å². The molecule has 2 aromatic carbocycles. The van der Waals surface area contributed by atoms with Gasteiger partial charge in [0.1, 0.15) is 5.75 Å². The first-order valence-corrected chi connectivity index (χ1v) is 10.6. The minimum Gasteiger partial charge on any atom is -0.496 e. The molecule has 1 aliphatic carbocycles. The average Bonchev–Trinajstić information content (AvgIpc) is 3.18. The Morgan fingerprint density at radius 2 is 1.83 bits per heavy atom. The lowest BCUT2D eigenvalue weighted by atomic mass is 9.78. The van der Waals surface area contributed by atoms with Crippen molar-refractivity contribution >= 4 is 30.1 Å². The van der Waals surface area contributed by atoms with Crippen molar-refractivity contribution < 1.29 is 18.8 Å². The molecule has 1 saturated heterocycles. The highest BCUT2D eigenvalue weighted by atomic mass is 35.5. The van der Waals surface area contributed by atoms with Crippen LogP contribution in [0, 0.1) is 0 Å². The molecule has 1 amide bonds. The number of amides is 1. The third kappa shape index (κ3) is 3.73. The van der Waals surface area contributed by atoms with Crippen LogP contribution in [0.3, 0.4) is 0 Å². The number of hydrogen-bond donors (Lipinski definition) is 1. The van der Waals surface area contributed by atoms with Crippen molar-refractivity contribution in [2.75, 3.05) is 7.11 Å². The number of carbonyl (C=O) groups excluding carboxylic acids is 1. The van der Waals surface area contributed by atoms with E-state index in [0.717, 1.165) is 23.9 Å². The second-order valence-corrected chi connectivity index (χ2v) is 9.39. The number of fused-ring (bicyclic) bond motifs is 1. The number of methoxy groups -OCH3 is 1. The van der Waals surface area contributed by atoms with Gasteiger partial charge in [-0.15, -0.1) is 0 Å². The Hall–Kier alpha value is -2.02. The second-order valence-electron chi connectivity index (χ2n) is 8.96. The summed E-state index contributed by atoms with van der Waals surface area (Å²) in [5.74, 6) is 0.313. The van der Waals surface area contributed by atoms with E-state index in [2.05, 4.69) is 45.1 Å². The minimum absolute atomic E-state index is 0.0523. The molecule has 7 heteroatoms. The van der Waals surface area contributed by atoms with Gasteiger partial charge in [0.05, 0.1) is 29.9 Å². The van der Waals surface area contributed by atoms with E-state index in [1.165, 1.54) is 5.56 Å². The summed E-state index contributed by atoms with van der Waals surface area (Å²) in [6, 6.07) is 11.2. The van der Waals surface area contributed by atoms with Crippen LogP contribution in [0.15, 0.2) is 36.4 Å². The number of nitrogens with one attached hydrogen (secondary N) is 1. The van der Waals surface area contributed by atoms with Crippen molar-refractivity contribution in [3.63, 3.8) is 0 Å². The van der Waals surface area contributed by atoms with Crippen LogP contribution in [-0.4, -0.2) is 31.3 Å². The van der Waals surface area contributed by atoms with Gasteiger partial charge in [-0.25, -0.2) is 0 Å². The monoisotopic (exact) mass is 427 g/mol. The summed E-state index contributed by atoms with van der Waals surface area (Å²) in [6.07, 6.45) is 1.73. The lowest BCUT2D eigenvalue weighted by Crippen LogP contribution is -2.41. The average molecular weight is 428 g/mol. The summed E-state index contributed by atoms with van der Waals surface area (Å²) in [4.78, 5) is 12.9. The Morgan fingerprint density at radius 1 is 1.13 bits per heavy atom. The maximum absolute atomic E-state index is 12.9. The van der Waals surface area contributed by atoms with Crippen molar-refractivity contribution in [1.82, 2.24) is 5.32 Å². The van der Waals surface area contributed by atoms with E-state index in [4.69, 9.17) is 25.6 Å². The summed E-state index contributed by atoms with van der Waals surface area (Å²) in [5, 5.41) is 3.63. The fourth-order valence-electron chi connectivity index (χ4n) is 4.01. The van der Waals surface area contributed by atoms with Crippen LogP contribution in [0.2, 0.25) is 5.02 Å². The normalized spacial score (nSPS) is 21.4. The van der Waals surface area contributed by atoms with Crippen LogP contribution in [0.4, 0.5) is 0 Å². The predicted molar refractivity (Wildman–Crippen MR) is 119 cm³/mol. The zero-order valence-corrected chi connectivity index (χ0v) is 18.8. The van der Waals surface area contributed by atoms with Gasteiger partial charge in [-0.05, 0) is 75.3 Å². The molecule has 1 heterocycles. The highest BCUT2D eigenvalue weighted by Crippen LogP contribution is 2.37. The molecule has 4 rings (SSSR count). The first-order valence-electron chi connectivity index (χ1n) is 10.2. The lowest BCUT2D eigenvalue weighted by Gasteiger charge is -2.32. The van der Waals surface area contributed by atoms with E-state index in [0.29, 0.717) is 16.3 Å². The Labute approximate surface area is 183 Å². The highest BCUT2D eigenvalue weighted by molar-refractivity contribution is 6.62. The summed E-state index contributed by atoms with van der Waals surface area (Å²) >= 11 is 6.08. The van der Waals surface area contributed by atoms with Gasteiger partial charge < -0.3 is 19.4 Å². The second kappa shape index (κ2) is 7.59. The van der Waals surface area contributed by atoms with E-state index in [1.807, 2.05) is 6.07 Å². The fraction of sp³-hybridized carbons (Fsp3) is 0.435. The Bertz CT molecular complexity index is 975. The third-order valence-corrected chi connectivity index (χ3v) is 6.72. The number of carbonyl (C=O) groups is 1. The molecule has 0 bridgehead atoms. The molecule has 2 aliphatic rings. The van der Waals surface area contributed by atoms with Gasteiger partial charge in [0.2, 0.25) is 0 Å². The molecule has 1 N–H and O–H groups in total. The summed E-state index contributed by atoms with van der Waals surface area (Å²) in [5.41, 5.74) is 3.05. The Kier molecular flexibility index (Phi) is 5.37. The molecule has 158 valence electrons. The van der Waals surface area contributed by atoms with E-state index < -0.39 is 0 Å². The van der Waals surface area contributed by atoms with E-state index in [9.17, 15) is 4.79 Å². The summed E-state index contributed by atoms with van der Waals surface area (Å²) < 4.78 is 17.7. The molecule has 1 aliphatic heterocycles. The topological polar surface area (TPSA) is 56.8 Å². The number of halogens is 1. The zero-order valence-electron chi connectivity index (χ0n) is 18.0. The third-order valence-electron chi connectivity index (χ3n) is 6.48. The van der Waals surface area contributed by atoms with Crippen LogP contribution in [0.1, 0.15) is 61.6 Å². The SMILES string of the molecule is COc1ccc(Cl)cc1C(=O)NC1CCc2cc(B3OC(C)(C)C(C)(C)O3)ccc21. The van der Waals surface area contributed by atoms with Crippen molar-refractivity contribution in [2.45, 2.75) is 57.8 Å². The first-order chi connectivity index (χ1) is 14.1. The Balaban J connectivity index is 1.52. The van der Waals surface area contributed by atoms with Crippen LogP contribution in [0.25, 0.3) is 0 Å². The zero-order chi connectivity index (χ0) is 21.7. The van der Waals surface area contributed by atoms with E-state index in [-0.39, 0.29) is 30.3 Å². The largest absolute Gasteiger partial charge is 0.496 e. The van der Waals surface area contributed by atoms with Gasteiger partial charge in [0.25, 0.3) is 5.91 Å². The molecule has 30 heavy (non-hydrogen) atoms. The quantitative estimate of drug-likeness (QED) is 0.748. The van der Waals surface area contributed by atoms with Gasteiger partial charge in [-0.2, -0.15) is 0 Å². The van der Waals surface area contributed by atoms with Crippen LogP contribution in [-0.2, 0) is 15.7 Å². The van der Waals surface area contributed by atoms with Gasteiger partial charge in [-0.1, -0.05) is 29.8 Å². The van der Waals surface area contributed by atoms with Crippen molar-refractivity contribution in [3.8, 4) is 5.75 Å². The van der Waals surface area contributed by atoms with Crippen LogP contribution in [0.5, 0.6) is 5.75 Å². The molecule has 5 nitrogen and oxygen atoms in total. The molecule has 1 fully saturated rings. The van der Waals surface area contributed by atoms with Gasteiger partial charge in [0, 0.05) is 5.02 Å². The molecule has 1 atom stereocenters. The van der Waals surface area contributed by atoms with Gasteiger partial charge in [-0.3, -0.25) is 4.79 Å². The highest BCUT2D eigenvalue weighted by Gasteiger charge is 2.51. The smallest absolute Gasteiger partial charge is 0.494 e. The molecule has 0 radical (unpaired) electrons. The standard InChI is InChI=1S/C23H27BClNO4/c1-22(2)23(3,4)30-24(29-22)15-7-9-17-14(12-15)6-10-19(17)26-21(27)18-13-16(25)8-11-20(18)28-5/h7-9,11-13,19H,6,10H2,1-5H3,(H,26,27). The first kappa shape index (κ1) is 21.2. The van der Waals surface area contributed by atoms with Crippen molar-refractivity contribution in [2.24, 2.45) is 0 Å². The molecule has 1 unspecified atom stereocenters. The number of rotatable bonds is 4. The maximum atomic E-state index is 12.9. The van der Waals surface area contributed by atoms with Gasteiger partial charge in [0.15, 0.2) is 0 Å². The van der Waals surface area contributed by atoms with E-state index >= 15 is 0 Å². The maximum Gasteiger partial charge on any atom is 0.494 e. The Morgan fingerprint density at radius 3 is 2.50 bits per heavy atom. The predicted octanol–water partition coefficient (Wildman–Crippen LogP) is 4.07. The summed E-state index contributed by atoms with van der Waals surface area (Å²) in [7, 11) is 1.16. The molecule has 0 aromatic heterocycles. The molecule has 0 spiro atoms. The van der Waals surface area contributed by atoms with Crippen molar-refractivity contribution in [3.05, 3.63) is 58.1 Å². The summed E-state index contributed by atoms with van der Waals surface area (Å²) in [6.45, 7) is 8.21. The molecular formula is C23H27BClNO4. The lowest BCUT2D eigenvalue weighted by molar-refractivity contribution is 0.00578. The van der Waals surface area contributed by atoms with Crippen LogP contribution < -0.4 is 15.5 Å². The number of hydrogen-bond acceptors (Lipinski definition) is 4. The number of benzene rings is 2. The number of ether oxygens (including phenoxy) is 1. The van der Waals surface area contributed by atoms with E-state index in [1.54, 1.807) is 25.3 Å². The van der Waals surface area contributed by atoms with Gasteiger partial charge >= 0.3 is 7.12 Å². The minimum atomic E-state index is -0.385. The number of aryl methyl sites for hydroxylation is 1. The van der Waals surface area contributed by atoms with Crippen LogP contribution >= 0.6 is 11.6 Å². The molecule has 0 saturated carbocycles. The molecule has 2 aromatic rings. The fourth-order valence-corrected chi connectivity index (χ4v) is 4.18. The molecular weight excluding hydrogens is 401 g/mol.